The predicted molar refractivity (Wildman–Crippen MR) is 102 cm³/mol. The minimum absolute atomic E-state index is 0.175. The number of hydrogen-bond acceptors (Lipinski definition) is 5. The van der Waals surface area contributed by atoms with E-state index in [2.05, 4.69) is 4.90 Å². The Bertz CT molecular complexity index is 1090. The molecule has 0 radical (unpaired) electrons. The average molecular weight is 383 g/mol. The van der Waals surface area contributed by atoms with Gasteiger partial charge in [-0.2, -0.15) is 0 Å². The fourth-order valence-electron chi connectivity index (χ4n) is 3.98. The lowest BCUT2D eigenvalue weighted by Gasteiger charge is -2.33. The van der Waals surface area contributed by atoms with Gasteiger partial charge in [-0.3, -0.25) is 0 Å². The first-order chi connectivity index (χ1) is 13.7. The zero-order valence-corrected chi connectivity index (χ0v) is 15.2. The molecule has 0 atom stereocenters. The van der Waals surface area contributed by atoms with Gasteiger partial charge in [0.2, 0.25) is 6.79 Å². The normalized spacial score (nSPS) is 16.7. The number of nitrogens with zero attached hydrogens (tertiary/aromatic N) is 1. The summed E-state index contributed by atoms with van der Waals surface area (Å²) in [5.74, 6) is 1.08. The van der Waals surface area contributed by atoms with Crippen molar-refractivity contribution in [2.24, 2.45) is 0 Å². The lowest BCUT2D eigenvalue weighted by atomic mass is 10.1. The van der Waals surface area contributed by atoms with E-state index >= 15 is 0 Å². The maximum absolute atomic E-state index is 14.0. The summed E-state index contributed by atoms with van der Waals surface area (Å²) in [6.45, 7) is 4.13. The Morgan fingerprint density at radius 3 is 2.57 bits per heavy atom. The highest BCUT2D eigenvalue weighted by molar-refractivity contribution is 5.84. The fraction of sp³-hybridized carbons (Fsp3) is 0.286. The molecule has 1 N–H and O–H groups in total. The van der Waals surface area contributed by atoms with Crippen LogP contribution < -0.4 is 24.9 Å². The van der Waals surface area contributed by atoms with Gasteiger partial charge in [0.15, 0.2) is 11.5 Å². The third kappa shape index (κ3) is 3.07. The van der Waals surface area contributed by atoms with Crippen LogP contribution in [0.5, 0.6) is 11.5 Å². The Kier molecular flexibility index (Phi) is 4.16. The summed E-state index contributed by atoms with van der Waals surface area (Å²) in [7, 11) is 0. The molecule has 0 amide bonds. The number of halogens is 1. The molecule has 0 unspecified atom stereocenters. The smallest absolute Gasteiger partial charge is 0.336 e. The quantitative estimate of drug-likeness (QED) is 0.696. The standard InChI is InChI=1S/C21H19FN2O4/c22-16-3-1-2-4-17(16)24-7-5-23(6-8-24)12-14-9-21(25)28-18-11-20-19(10-15(14)18)26-13-27-20/h1-4,9-11H,5-8,12-13H2/p+1. The number of ether oxygens (including phenoxy) is 2. The van der Waals surface area contributed by atoms with E-state index in [-0.39, 0.29) is 18.2 Å². The highest BCUT2D eigenvalue weighted by atomic mass is 19.1. The van der Waals surface area contributed by atoms with Crippen molar-refractivity contribution in [2.45, 2.75) is 6.54 Å². The first-order valence-electron chi connectivity index (χ1n) is 9.37. The SMILES string of the molecule is O=c1cc(C[NH+]2CCN(c3ccccc3F)CC2)c2cc3c(cc2o1)OCO3. The van der Waals surface area contributed by atoms with Crippen molar-refractivity contribution in [3.05, 3.63) is 64.3 Å². The van der Waals surface area contributed by atoms with Gasteiger partial charge >= 0.3 is 5.63 Å². The van der Waals surface area contributed by atoms with Crippen molar-refractivity contribution >= 4 is 16.7 Å². The zero-order chi connectivity index (χ0) is 19.1. The van der Waals surface area contributed by atoms with Gasteiger partial charge in [0.1, 0.15) is 17.9 Å². The van der Waals surface area contributed by atoms with Crippen LogP contribution in [-0.4, -0.2) is 33.0 Å². The molecule has 2 aromatic carbocycles. The summed E-state index contributed by atoms with van der Waals surface area (Å²) < 4.78 is 30.2. The minimum atomic E-state index is -0.370. The number of anilines is 1. The summed E-state index contributed by atoms with van der Waals surface area (Å²) in [6.07, 6.45) is 0. The topological polar surface area (TPSA) is 56.4 Å². The molecule has 5 rings (SSSR count). The summed E-state index contributed by atoms with van der Waals surface area (Å²) in [5, 5.41) is 0.868. The molecule has 6 nitrogen and oxygen atoms in total. The molecule has 0 bridgehead atoms. The van der Waals surface area contributed by atoms with Crippen LogP contribution in [0.25, 0.3) is 11.0 Å². The molecule has 0 aliphatic carbocycles. The summed E-state index contributed by atoms with van der Waals surface area (Å²) in [6, 6.07) is 12.0. The van der Waals surface area contributed by atoms with E-state index in [4.69, 9.17) is 13.9 Å². The van der Waals surface area contributed by atoms with Crippen LogP contribution in [-0.2, 0) is 6.54 Å². The van der Waals surface area contributed by atoms with Gasteiger partial charge in [0.25, 0.3) is 0 Å². The number of piperazine rings is 1. The van der Waals surface area contributed by atoms with Crippen molar-refractivity contribution in [1.82, 2.24) is 0 Å². The first-order valence-corrected chi connectivity index (χ1v) is 9.37. The molecule has 3 aromatic rings. The molecule has 0 spiro atoms. The van der Waals surface area contributed by atoms with E-state index in [0.717, 1.165) is 37.1 Å². The van der Waals surface area contributed by atoms with Crippen molar-refractivity contribution in [3.63, 3.8) is 0 Å². The second kappa shape index (κ2) is 6.83. The Balaban J connectivity index is 1.36. The minimum Gasteiger partial charge on any atom is -0.454 e. The maximum Gasteiger partial charge on any atom is 0.336 e. The summed E-state index contributed by atoms with van der Waals surface area (Å²) in [5.41, 5.74) is 1.72. The van der Waals surface area contributed by atoms with E-state index in [1.165, 1.54) is 11.0 Å². The fourth-order valence-corrected chi connectivity index (χ4v) is 3.98. The van der Waals surface area contributed by atoms with E-state index in [0.29, 0.717) is 29.3 Å². The van der Waals surface area contributed by atoms with Crippen LogP contribution >= 0.6 is 0 Å². The number of rotatable bonds is 3. The Labute approximate surface area is 160 Å². The van der Waals surface area contributed by atoms with Crippen molar-refractivity contribution in [1.29, 1.82) is 0 Å². The zero-order valence-electron chi connectivity index (χ0n) is 15.2. The molecule has 1 saturated heterocycles. The van der Waals surface area contributed by atoms with Crippen LogP contribution in [0.3, 0.4) is 0 Å². The van der Waals surface area contributed by atoms with Crippen LogP contribution in [0.4, 0.5) is 10.1 Å². The lowest BCUT2D eigenvalue weighted by Crippen LogP contribution is -3.13. The van der Waals surface area contributed by atoms with Crippen LogP contribution in [0.2, 0.25) is 0 Å². The molecule has 144 valence electrons. The molecule has 28 heavy (non-hydrogen) atoms. The second-order valence-electron chi connectivity index (χ2n) is 7.16. The number of fused-ring (bicyclic) bond motifs is 2. The number of hydrogen-bond donors (Lipinski definition) is 1. The van der Waals surface area contributed by atoms with Gasteiger partial charge in [-0.1, -0.05) is 12.1 Å². The van der Waals surface area contributed by atoms with E-state index in [1.54, 1.807) is 18.2 Å². The Morgan fingerprint density at radius 2 is 1.79 bits per heavy atom. The molecular weight excluding hydrogens is 363 g/mol. The average Bonchev–Trinajstić information content (AvgIpc) is 3.15. The Morgan fingerprint density at radius 1 is 1.04 bits per heavy atom. The molecule has 0 saturated carbocycles. The molecule has 2 aliphatic rings. The van der Waals surface area contributed by atoms with Crippen LogP contribution in [0.15, 0.2) is 51.7 Å². The van der Waals surface area contributed by atoms with Crippen molar-refractivity contribution < 1.29 is 23.2 Å². The molecule has 7 heteroatoms. The largest absolute Gasteiger partial charge is 0.454 e. The van der Waals surface area contributed by atoms with E-state index < -0.39 is 0 Å². The third-order valence-corrected chi connectivity index (χ3v) is 5.43. The molecular formula is C21H20FN2O4+. The molecule has 2 aliphatic heterocycles. The molecule has 1 aromatic heterocycles. The lowest BCUT2D eigenvalue weighted by molar-refractivity contribution is -0.914. The number of para-hydroxylation sites is 1. The predicted octanol–water partition coefficient (Wildman–Crippen LogP) is 1.57. The second-order valence-corrected chi connectivity index (χ2v) is 7.16. The number of quaternary nitrogens is 1. The van der Waals surface area contributed by atoms with E-state index in [1.807, 2.05) is 18.2 Å². The van der Waals surface area contributed by atoms with Gasteiger partial charge in [0.05, 0.1) is 31.9 Å². The number of nitrogens with one attached hydrogen (secondary N) is 1. The Hall–Kier alpha value is -3.06. The monoisotopic (exact) mass is 383 g/mol. The first kappa shape index (κ1) is 17.1. The highest BCUT2D eigenvalue weighted by Gasteiger charge is 2.24. The summed E-state index contributed by atoms with van der Waals surface area (Å²) in [4.78, 5) is 15.4. The molecule has 1 fully saturated rings. The van der Waals surface area contributed by atoms with Crippen molar-refractivity contribution in [2.75, 3.05) is 37.9 Å². The van der Waals surface area contributed by atoms with Crippen LogP contribution in [0, 0.1) is 5.82 Å². The van der Waals surface area contributed by atoms with Gasteiger partial charge in [-0.15, -0.1) is 0 Å². The van der Waals surface area contributed by atoms with E-state index in [9.17, 15) is 9.18 Å². The van der Waals surface area contributed by atoms with Gasteiger partial charge in [0, 0.05) is 23.1 Å². The van der Waals surface area contributed by atoms with Gasteiger partial charge in [-0.25, -0.2) is 9.18 Å². The molecule has 3 heterocycles. The maximum atomic E-state index is 14.0. The summed E-state index contributed by atoms with van der Waals surface area (Å²) >= 11 is 0. The van der Waals surface area contributed by atoms with Crippen LogP contribution in [0.1, 0.15) is 5.56 Å². The van der Waals surface area contributed by atoms with Gasteiger partial charge < -0.3 is 23.7 Å². The van der Waals surface area contributed by atoms with Gasteiger partial charge in [-0.05, 0) is 18.2 Å². The third-order valence-electron chi connectivity index (χ3n) is 5.43. The number of benzene rings is 2. The van der Waals surface area contributed by atoms with Crippen molar-refractivity contribution in [3.8, 4) is 11.5 Å². The highest BCUT2D eigenvalue weighted by Crippen LogP contribution is 2.36.